The standard InChI is InChI=1S/C51H100NO8P/c1-5-7-9-11-13-15-17-19-21-23-25-27-29-31-33-35-37-39-41-43-50(53)57-47-49(48-59-61(55,56)58-46-45-52(3)4)60-51(54)44-42-40-38-36-34-32-30-28-26-24-22-20-18-16-14-12-10-8-6-2/h20,22,49H,5-19,21,23-48H2,1-4H3,(H,55,56)/b22-20-. The van der Waals surface area contributed by atoms with Crippen LogP contribution in [0, 0.1) is 0 Å². The van der Waals surface area contributed by atoms with Crippen molar-refractivity contribution in [2.24, 2.45) is 0 Å². The van der Waals surface area contributed by atoms with E-state index in [0.29, 0.717) is 19.4 Å². The van der Waals surface area contributed by atoms with Crippen LogP contribution in [0.2, 0.25) is 0 Å². The number of phosphoric ester groups is 1. The van der Waals surface area contributed by atoms with E-state index in [1.807, 2.05) is 19.0 Å². The highest BCUT2D eigenvalue weighted by Gasteiger charge is 2.26. The largest absolute Gasteiger partial charge is 0.472 e. The van der Waals surface area contributed by atoms with Gasteiger partial charge in [0.25, 0.3) is 0 Å². The summed E-state index contributed by atoms with van der Waals surface area (Å²) in [6.07, 6.45) is 49.7. The van der Waals surface area contributed by atoms with Crippen LogP contribution in [0.1, 0.15) is 258 Å². The lowest BCUT2D eigenvalue weighted by Crippen LogP contribution is -2.29. The molecule has 0 saturated heterocycles. The maximum atomic E-state index is 12.7. The highest BCUT2D eigenvalue weighted by Crippen LogP contribution is 2.43. The molecule has 2 atom stereocenters. The molecule has 0 heterocycles. The summed E-state index contributed by atoms with van der Waals surface area (Å²) in [7, 11) is -0.702. The highest BCUT2D eigenvalue weighted by molar-refractivity contribution is 7.47. The quantitative estimate of drug-likeness (QED) is 0.0276. The zero-order valence-electron chi connectivity index (χ0n) is 40.6. The van der Waals surface area contributed by atoms with Crippen molar-refractivity contribution < 1.29 is 37.6 Å². The van der Waals surface area contributed by atoms with Gasteiger partial charge in [0.15, 0.2) is 6.10 Å². The van der Waals surface area contributed by atoms with E-state index < -0.39 is 26.5 Å². The van der Waals surface area contributed by atoms with Crippen LogP contribution in [0.15, 0.2) is 12.2 Å². The van der Waals surface area contributed by atoms with E-state index in [1.165, 1.54) is 193 Å². The topological polar surface area (TPSA) is 112 Å². The Kier molecular flexibility index (Phi) is 45.8. The first-order valence-electron chi connectivity index (χ1n) is 26.0. The van der Waals surface area contributed by atoms with Crippen molar-refractivity contribution in [3.05, 3.63) is 12.2 Å². The number of allylic oxidation sites excluding steroid dienone is 2. The van der Waals surface area contributed by atoms with Gasteiger partial charge in [0, 0.05) is 19.4 Å². The summed E-state index contributed by atoms with van der Waals surface area (Å²) in [5.41, 5.74) is 0. The molecule has 0 aliphatic carbocycles. The predicted octanol–water partition coefficient (Wildman–Crippen LogP) is 15.6. The van der Waals surface area contributed by atoms with Crippen LogP contribution in [0.25, 0.3) is 0 Å². The summed E-state index contributed by atoms with van der Waals surface area (Å²) in [5.74, 6) is -0.788. The van der Waals surface area contributed by atoms with Gasteiger partial charge in [0.2, 0.25) is 0 Å². The maximum absolute atomic E-state index is 12.7. The fourth-order valence-corrected chi connectivity index (χ4v) is 8.31. The van der Waals surface area contributed by atoms with Crippen molar-refractivity contribution in [3.8, 4) is 0 Å². The van der Waals surface area contributed by atoms with Gasteiger partial charge in [-0.05, 0) is 52.6 Å². The summed E-state index contributed by atoms with van der Waals surface area (Å²) < 4.78 is 33.6. The molecule has 2 unspecified atom stereocenters. The molecule has 0 aliphatic heterocycles. The molecule has 0 aliphatic rings. The molecule has 0 fully saturated rings. The molecule has 0 saturated carbocycles. The van der Waals surface area contributed by atoms with Gasteiger partial charge in [0.05, 0.1) is 13.2 Å². The molecule has 0 spiro atoms. The lowest BCUT2D eigenvalue weighted by atomic mass is 10.0. The Morgan fingerprint density at radius 2 is 0.836 bits per heavy atom. The molecule has 0 bridgehead atoms. The second kappa shape index (κ2) is 46.7. The molecule has 0 rings (SSSR count). The summed E-state index contributed by atoms with van der Waals surface area (Å²) in [5, 5.41) is 0. The molecular weight excluding hydrogens is 786 g/mol. The predicted molar refractivity (Wildman–Crippen MR) is 257 cm³/mol. The molecule has 1 N–H and O–H groups in total. The lowest BCUT2D eigenvalue weighted by Gasteiger charge is -2.20. The van der Waals surface area contributed by atoms with E-state index in [2.05, 4.69) is 26.0 Å². The Morgan fingerprint density at radius 3 is 1.21 bits per heavy atom. The van der Waals surface area contributed by atoms with Crippen LogP contribution in [-0.4, -0.2) is 68.3 Å². The Hall–Kier alpha value is -1.25. The van der Waals surface area contributed by atoms with Gasteiger partial charge in [-0.3, -0.25) is 18.6 Å². The summed E-state index contributed by atoms with van der Waals surface area (Å²) >= 11 is 0. The zero-order valence-corrected chi connectivity index (χ0v) is 41.5. The Balaban J connectivity index is 4.14. The SMILES string of the molecule is CCCCCCCC/C=C\CCCCCCCCCCCC(=O)OC(COC(=O)CCCCCCCCCCCCCCCCCCCCC)COP(=O)(O)OCCN(C)C. The number of rotatable bonds is 49. The van der Waals surface area contributed by atoms with Gasteiger partial charge in [-0.1, -0.05) is 219 Å². The molecule has 9 nitrogen and oxygen atoms in total. The molecule has 0 radical (unpaired) electrons. The van der Waals surface area contributed by atoms with E-state index in [0.717, 1.165) is 32.1 Å². The number of carbonyl (C=O) groups excluding carboxylic acids is 2. The number of likely N-dealkylation sites (N-methyl/N-ethyl adjacent to an activating group) is 1. The van der Waals surface area contributed by atoms with Crippen molar-refractivity contribution in [1.82, 2.24) is 4.90 Å². The number of ether oxygens (including phenoxy) is 2. The first kappa shape index (κ1) is 59.8. The third kappa shape index (κ3) is 48.1. The lowest BCUT2D eigenvalue weighted by molar-refractivity contribution is -0.161. The number of carbonyl (C=O) groups is 2. The Labute approximate surface area is 377 Å². The molecule has 0 aromatic heterocycles. The second-order valence-corrected chi connectivity index (χ2v) is 19.5. The van der Waals surface area contributed by atoms with E-state index in [1.54, 1.807) is 0 Å². The van der Waals surface area contributed by atoms with Gasteiger partial charge < -0.3 is 19.3 Å². The molecule has 0 aromatic rings. The van der Waals surface area contributed by atoms with Crippen molar-refractivity contribution in [3.63, 3.8) is 0 Å². The zero-order chi connectivity index (χ0) is 44.8. The minimum absolute atomic E-state index is 0.0106. The van der Waals surface area contributed by atoms with Gasteiger partial charge in [-0.2, -0.15) is 0 Å². The van der Waals surface area contributed by atoms with Crippen molar-refractivity contribution >= 4 is 19.8 Å². The van der Waals surface area contributed by atoms with Gasteiger partial charge in [0.1, 0.15) is 6.61 Å². The minimum Gasteiger partial charge on any atom is -0.462 e. The normalized spacial score (nSPS) is 13.3. The average molecular weight is 886 g/mol. The fraction of sp³-hybridized carbons (Fsp3) is 0.922. The van der Waals surface area contributed by atoms with Crippen LogP contribution in [0.3, 0.4) is 0 Å². The highest BCUT2D eigenvalue weighted by atomic mass is 31.2. The van der Waals surface area contributed by atoms with E-state index in [9.17, 15) is 19.0 Å². The molecule has 0 aromatic carbocycles. The first-order valence-corrected chi connectivity index (χ1v) is 27.5. The summed E-state index contributed by atoms with van der Waals surface area (Å²) in [6.45, 7) is 4.37. The first-order chi connectivity index (χ1) is 29.7. The maximum Gasteiger partial charge on any atom is 0.472 e. The number of phosphoric acid groups is 1. The molecular formula is C51H100NO8P. The van der Waals surface area contributed by atoms with Gasteiger partial charge in [-0.15, -0.1) is 0 Å². The van der Waals surface area contributed by atoms with Crippen LogP contribution in [0.4, 0.5) is 0 Å². The summed E-state index contributed by atoms with van der Waals surface area (Å²) in [4.78, 5) is 37.2. The van der Waals surface area contributed by atoms with E-state index in [4.69, 9.17) is 18.5 Å². The van der Waals surface area contributed by atoms with Crippen molar-refractivity contribution in [2.75, 3.05) is 40.5 Å². The third-order valence-corrected chi connectivity index (χ3v) is 12.6. The number of esters is 2. The minimum atomic E-state index is -4.36. The molecule has 0 amide bonds. The molecule has 61 heavy (non-hydrogen) atoms. The van der Waals surface area contributed by atoms with Crippen molar-refractivity contribution in [1.29, 1.82) is 0 Å². The van der Waals surface area contributed by atoms with E-state index >= 15 is 0 Å². The van der Waals surface area contributed by atoms with Crippen LogP contribution < -0.4 is 0 Å². The Morgan fingerprint density at radius 1 is 0.492 bits per heavy atom. The number of unbranched alkanes of at least 4 members (excludes halogenated alkanes) is 33. The van der Waals surface area contributed by atoms with Crippen molar-refractivity contribution in [2.45, 2.75) is 264 Å². The number of nitrogens with zero attached hydrogens (tertiary/aromatic N) is 1. The van der Waals surface area contributed by atoms with E-state index in [-0.39, 0.29) is 25.6 Å². The average Bonchev–Trinajstić information content (AvgIpc) is 3.23. The van der Waals surface area contributed by atoms with Crippen LogP contribution >= 0.6 is 7.82 Å². The second-order valence-electron chi connectivity index (χ2n) is 18.1. The van der Waals surface area contributed by atoms with Crippen LogP contribution in [0.5, 0.6) is 0 Å². The number of hydrogen-bond acceptors (Lipinski definition) is 8. The monoisotopic (exact) mass is 886 g/mol. The molecule has 10 heteroatoms. The molecule has 362 valence electrons. The fourth-order valence-electron chi connectivity index (χ4n) is 7.57. The smallest absolute Gasteiger partial charge is 0.462 e. The Bertz CT molecular complexity index is 1020. The van der Waals surface area contributed by atoms with Gasteiger partial charge in [-0.25, -0.2) is 4.57 Å². The summed E-state index contributed by atoms with van der Waals surface area (Å²) in [6, 6.07) is 0. The number of hydrogen-bond donors (Lipinski definition) is 1. The van der Waals surface area contributed by atoms with Crippen LogP contribution in [-0.2, 0) is 32.7 Å². The third-order valence-electron chi connectivity index (χ3n) is 11.6. The van der Waals surface area contributed by atoms with Gasteiger partial charge >= 0.3 is 19.8 Å².